The quantitative estimate of drug-likeness (QED) is 0.697. The fraction of sp³-hybridized carbons (Fsp3) is 0.875. The Morgan fingerprint density at radius 2 is 1.76 bits per heavy atom. The first-order valence-corrected chi connectivity index (χ1v) is 9.10. The van der Waals surface area contributed by atoms with Gasteiger partial charge in [0.15, 0.2) is 4.77 Å². The fourth-order valence-electron chi connectivity index (χ4n) is 3.20. The van der Waals surface area contributed by atoms with Crippen LogP contribution < -0.4 is 4.90 Å². The molecule has 120 valence electrons. The molecular formula is C16H30N4S. The molecular weight excluding hydrogens is 280 g/mol. The Morgan fingerprint density at radius 1 is 1.14 bits per heavy atom. The maximum atomic E-state index is 5.52. The summed E-state index contributed by atoms with van der Waals surface area (Å²) < 4.78 is 3.11. The topological polar surface area (TPSA) is 36.9 Å². The summed E-state index contributed by atoms with van der Waals surface area (Å²) in [7, 11) is 0. The molecule has 0 spiro atoms. The van der Waals surface area contributed by atoms with Gasteiger partial charge in [0.05, 0.1) is 0 Å². The first kappa shape index (κ1) is 16.5. The number of nitrogens with zero attached hydrogens (tertiary/aromatic N) is 3. The highest BCUT2D eigenvalue weighted by Crippen LogP contribution is 2.31. The van der Waals surface area contributed by atoms with Crippen molar-refractivity contribution in [2.75, 3.05) is 18.0 Å². The van der Waals surface area contributed by atoms with Gasteiger partial charge in [-0.25, -0.2) is 5.10 Å². The van der Waals surface area contributed by atoms with Crippen molar-refractivity contribution in [1.29, 1.82) is 0 Å². The van der Waals surface area contributed by atoms with Crippen molar-refractivity contribution in [3.05, 3.63) is 4.77 Å². The van der Waals surface area contributed by atoms with Gasteiger partial charge in [0, 0.05) is 19.1 Å². The number of rotatable bonds is 8. The largest absolute Gasteiger partial charge is 0.341 e. The minimum Gasteiger partial charge on any atom is -0.341 e. The molecule has 1 aliphatic rings. The molecule has 0 saturated heterocycles. The van der Waals surface area contributed by atoms with Gasteiger partial charge in [0.1, 0.15) is 0 Å². The van der Waals surface area contributed by atoms with E-state index in [4.69, 9.17) is 12.2 Å². The van der Waals surface area contributed by atoms with Gasteiger partial charge in [-0.3, -0.25) is 4.57 Å². The summed E-state index contributed by atoms with van der Waals surface area (Å²) in [5.74, 6) is 1.08. The molecule has 2 rings (SSSR count). The van der Waals surface area contributed by atoms with Crippen molar-refractivity contribution in [3.63, 3.8) is 0 Å². The van der Waals surface area contributed by atoms with Crippen LogP contribution in [0.25, 0.3) is 0 Å². The second-order valence-corrected chi connectivity index (χ2v) is 6.57. The third kappa shape index (κ3) is 4.31. The highest BCUT2D eigenvalue weighted by atomic mass is 32.1. The maximum absolute atomic E-state index is 5.52. The van der Waals surface area contributed by atoms with Crippen LogP contribution in [0.4, 0.5) is 5.95 Å². The van der Waals surface area contributed by atoms with Crippen LogP contribution >= 0.6 is 12.2 Å². The van der Waals surface area contributed by atoms with E-state index in [0.717, 1.165) is 23.8 Å². The van der Waals surface area contributed by atoms with E-state index >= 15 is 0 Å². The molecule has 1 aliphatic carbocycles. The van der Waals surface area contributed by atoms with Crippen LogP contribution in [0.3, 0.4) is 0 Å². The zero-order chi connectivity index (χ0) is 15.1. The third-order valence-electron chi connectivity index (χ3n) is 4.47. The van der Waals surface area contributed by atoms with Gasteiger partial charge in [-0.2, -0.15) is 0 Å². The SMILES string of the molecule is CCCCN(CCCC)c1n[nH]c(=S)n1C1CCCCC1. The smallest absolute Gasteiger partial charge is 0.225 e. The van der Waals surface area contributed by atoms with Gasteiger partial charge in [0.25, 0.3) is 0 Å². The summed E-state index contributed by atoms with van der Waals surface area (Å²) >= 11 is 5.52. The number of nitrogens with one attached hydrogen (secondary N) is 1. The van der Waals surface area contributed by atoms with Crippen molar-refractivity contribution in [2.45, 2.75) is 77.7 Å². The van der Waals surface area contributed by atoms with Gasteiger partial charge in [-0.1, -0.05) is 46.0 Å². The number of hydrogen-bond acceptors (Lipinski definition) is 3. The molecule has 0 bridgehead atoms. The number of unbranched alkanes of at least 4 members (excludes halogenated alkanes) is 2. The van der Waals surface area contributed by atoms with Crippen LogP contribution in [0.5, 0.6) is 0 Å². The van der Waals surface area contributed by atoms with Crippen molar-refractivity contribution >= 4 is 18.2 Å². The van der Waals surface area contributed by atoms with E-state index < -0.39 is 0 Å². The first-order valence-electron chi connectivity index (χ1n) is 8.69. The molecule has 1 fully saturated rings. The Hall–Kier alpha value is -0.840. The highest BCUT2D eigenvalue weighted by molar-refractivity contribution is 7.71. The van der Waals surface area contributed by atoms with Gasteiger partial charge >= 0.3 is 0 Å². The van der Waals surface area contributed by atoms with Crippen molar-refractivity contribution in [2.24, 2.45) is 0 Å². The highest BCUT2D eigenvalue weighted by Gasteiger charge is 2.22. The molecule has 5 heteroatoms. The molecule has 21 heavy (non-hydrogen) atoms. The van der Waals surface area contributed by atoms with Crippen LogP contribution in [0.1, 0.15) is 77.7 Å². The van der Waals surface area contributed by atoms with E-state index in [1.54, 1.807) is 0 Å². The van der Waals surface area contributed by atoms with Crippen LogP contribution in [-0.4, -0.2) is 27.9 Å². The van der Waals surface area contributed by atoms with E-state index in [1.807, 2.05) is 0 Å². The monoisotopic (exact) mass is 310 g/mol. The molecule has 1 aromatic heterocycles. The maximum Gasteiger partial charge on any atom is 0.225 e. The molecule has 1 N–H and O–H groups in total. The Kier molecular flexibility index (Phi) is 6.74. The number of aromatic nitrogens is 3. The Labute approximate surface area is 133 Å². The molecule has 4 nitrogen and oxygen atoms in total. The molecule has 0 radical (unpaired) electrons. The van der Waals surface area contributed by atoms with E-state index in [2.05, 4.69) is 33.5 Å². The van der Waals surface area contributed by atoms with Crippen LogP contribution in [-0.2, 0) is 0 Å². The lowest BCUT2D eigenvalue weighted by Crippen LogP contribution is -2.30. The van der Waals surface area contributed by atoms with Crippen LogP contribution in [0, 0.1) is 4.77 Å². The Bertz CT molecular complexity index is 451. The first-order chi connectivity index (χ1) is 10.3. The molecule has 0 aliphatic heterocycles. The summed E-state index contributed by atoms with van der Waals surface area (Å²) in [6.45, 7) is 6.66. The second-order valence-electron chi connectivity index (χ2n) is 6.18. The molecule has 0 atom stereocenters. The number of aromatic amines is 1. The van der Waals surface area contributed by atoms with E-state index in [0.29, 0.717) is 6.04 Å². The Morgan fingerprint density at radius 3 is 2.33 bits per heavy atom. The van der Waals surface area contributed by atoms with Crippen LogP contribution in [0.2, 0.25) is 0 Å². The fourth-order valence-corrected chi connectivity index (χ4v) is 3.47. The molecule has 0 unspecified atom stereocenters. The van der Waals surface area contributed by atoms with Gasteiger partial charge in [0.2, 0.25) is 5.95 Å². The van der Waals surface area contributed by atoms with E-state index in [1.165, 1.54) is 57.8 Å². The Balaban J connectivity index is 2.20. The lowest BCUT2D eigenvalue weighted by molar-refractivity contribution is 0.349. The average Bonchev–Trinajstić information content (AvgIpc) is 2.90. The summed E-state index contributed by atoms with van der Waals surface area (Å²) in [5.41, 5.74) is 0. The summed E-state index contributed by atoms with van der Waals surface area (Å²) in [6.07, 6.45) is 11.4. The second kappa shape index (κ2) is 8.57. The average molecular weight is 311 g/mol. The molecule has 1 aromatic rings. The zero-order valence-electron chi connectivity index (χ0n) is 13.6. The lowest BCUT2D eigenvalue weighted by atomic mass is 9.95. The molecule has 0 amide bonds. The van der Waals surface area contributed by atoms with Crippen molar-refractivity contribution in [3.8, 4) is 0 Å². The molecule has 0 aromatic carbocycles. The van der Waals surface area contributed by atoms with Gasteiger partial charge < -0.3 is 4.90 Å². The normalized spacial score (nSPS) is 16.3. The number of hydrogen-bond donors (Lipinski definition) is 1. The number of H-pyrrole nitrogens is 1. The minimum atomic E-state index is 0.547. The summed E-state index contributed by atoms with van der Waals surface area (Å²) in [6, 6.07) is 0.547. The molecule has 1 heterocycles. The van der Waals surface area contributed by atoms with Crippen molar-refractivity contribution < 1.29 is 0 Å². The summed E-state index contributed by atoms with van der Waals surface area (Å²) in [5, 5.41) is 7.61. The van der Waals surface area contributed by atoms with E-state index in [-0.39, 0.29) is 0 Å². The standard InChI is InChI=1S/C16H30N4S/c1-3-5-12-19(13-6-4-2)15-17-18-16(21)20(15)14-10-8-7-9-11-14/h14H,3-13H2,1-2H3,(H,18,21). The van der Waals surface area contributed by atoms with Gasteiger partial charge in [-0.15, -0.1) is 5.10 Å². The summed E-state index contributed by atoms with van der Waals surface area (Å²) in [4.78, 5) is 2.44. The minimum absolute atomic E-state index is 0.547. The third-order valence-corrected chi connectivity index (χ3v) is 4.76. The predicted octanol–water partition coefficient (Wildman–Crippen LogP) is 4.85. The predicted molar refractivity (Wildman–Crippen MR) is 91.6 cm³/mol. The van der Waals surface area contributed by atoms with Gasteiger partial charge in [-0.05, 0) is 37.9 Å². The molecule has 1 saturated carbocycles. The lowest BCUT2D eigenvalue weighted by Gasteiger charge is -2.29. The number of anilines is 1. The zero-order valence-corrected chi connectivity index (χ0v) is 14.4. The van der Waals surface area contributed by atoms with E-state index in [9.17, 15) is 0 Å². The van der Waals surface area contributed by atoms with Crippen molar-refractivity contribution in [1.82, 2.24) is 14.8 Å². The van der Waals surface area contributed by atoms with Crippen LogP contribution in [0.15, 0.2) is 0 Å².